The van der Waals surface area contributed by atoms with Gasteiger partial charge >= 0.3 is 64.1 Å². The first-order valence-corrected chi connectivity index (χ1v) is 5.07. The smallest absolute Gasteiger partial charge is 0.894 e. The largest absolute Gasteiger partial charge is 3.00 e. The van der Waals surface area contributed by atoms with E-state index in [2.05, 4.69) is 0 Å². The molecule has 0 bridgehead atoms. The second-order valence-electron chi connectivity index (χ2n) is 1.07. The van der Waals surface area contributed by atoms with Gasteiger partial charge in [-0.2, -0.15) is 0 Å². The molecule has 0 unspecified atom stereocenters. The fourth-order valence-electron chi connectivity index (χ4n) is 0. The summed E-state index contributed by atoms with van der Waals surface area (Å²) in [7, 11) is -10.5. The molecule has 64 valence electrons. The van der Waals surface area contributed by atoms with Crippen LogP contribution in [-0.4, -0.2) is 87.6 Å². The Morgan fingerprint density at radius 3 is 0.750 bits per heavy atom. The van der Waals surface area contributed by atoms with Crippen molar-refractivity contribution < 1.29 is 38.4 Å². The van der Waals surface area contributed by atoms with E-state index >= 15 is 0 Å². The Bertz CT molecular complexity index is 60.0. The van der Waals surface area contributed by atoms with Gasteiger partial charge in [-0.15, -0.1) is 0 Å². The minimum atomic E-state index is -5.61. The van der Waals surface area contributed by atoms with Gasteiger partial charge in [-0.1, -0.05) is 0 Å². The van der Waals surface area contributed by atoms with Crippen molar-refractivity contribution in [2.24, 2.45) is 0 Å². The van der Waals surface area contributed by atoms with E-state index in [4.69, 9.17) is 38.4 Å². The maximum Gasteiger partial charge on any atom is 3.00 e. The Labute approximate surface area is 110 Å². The molecule has 0 fully saturated rings. The van der Waals surface area contributed by atoms with Gasteiger partial charge in [0.25, 0.3) is 0 Å². The van der Waals surface area contributed by atoms with Crippen molar-refractivity contribution in [2.75, 3.05) is 0 Å². The van der Waals surface area contributed by atoms with Gasteiger partial charge in [0.05, 0.1) is 0 Å². The summed E-state index contributed by atoms with van der Waals surface area (Å²) >= 11 is 0. The molecule has 0 rings (SSSR count). The summed E-state index contributed by atoms with van der Waals surface area (Å²) in [5.74, 6) is 0. The first-order valence-electron chi connectivity index (χ1n) is 1.69. The molecule has 0 radical (unpaired) electrons. The molecule has 8 nitrogen and oxygen atoms in total. The van der Waals surface area contributed by atoms with Crippen molar-refractivity contribution in [3.8, 4) is 0 Å². The third-order valence-corrected chi connectivity index (χ3v) is 0. The van der Waals surface area contributed by atoms with Crippen LogP contribution < -0.4 is 24.0 Å². The van der Waals surface area contributed by atoms with Crippen molar-refractivity contribution in [2.45, 2.75) is 0 Å². The summed E-state index contributed by atoms with van der Waals surface area (Å²) in [6.45, 7) is 0. The van der Waals surface area contributed by atoms with Crippen LogP contribution >= 0.6 is 0 Å². The molecule has 0 aromatic carbocycles. The van der Waals surface area contributed by atoms with Crippen LogP contribution in [0.5, 0.6) is 0 Å². The van der Waals surface area contributed by atoms with E-state index in [1.54, 1.807) is 0 Å². The van der Waals surface area contributed by atoms with Crippen LogP contribution in [0.2, 0.25) is 0 Å². The van der Waals surface area contributed by atoms with Crippen LogP contribution in [0.15, 0.2) is 0 Å². The normalized spacial score (nSPS) is 10.0. The molecule has 0 heterocycles. The SMILES string of the molecule is [Al+3].[Ca+2].[O-][Si](O)(O)O.[O-][Si]([O-])([O-])[O-]. The van der Waals surface area contributed by atoms with Crippen LogP contribution in [0, 0.1) is 0 Å². The molecule has 12 heteroatoms. The van der Waals surface area contributed by atoms with Gasteiger partial charge in [0, 0.05) is 0 Å². The van der Waals surface area contributed by atoms with E-state index in [9.17, 15) is 0 Å². The Balaban J connectivity index is -0.0000000457. The van der Waals surface area contributed by atoms with Gasteiger partial charge < -0.3 is 47.4 Å². The van der Waals surface area contributed by atoms with Crippen LogP contribution in [0.25, 0.3) is 0 Å². The molecule has 3 N–H and O–H groups in total. The summed E-state index contributed by atoms with van der Waals surface area (Å²) in [6, 6.07) is 0. The van der Waals surface area contributed by atoms with Crippen LogP contribution in [0.1, 0.15) is 0 Å². The quantitative estimate of drug-likeness (QED) is 0.357. The molecular formula is H3AlCaO8Si2. The van der Waals surface area contributed by atoms with Gasteiger partial charge in [-0.25, -0.2) is 0 Å². The first-order chi connectivity index (χ1) is 4.00. The van der Waals surface area contributed by atoms with E-state index in [0.29, 0.717) is 0 Å². The van der Waals surface area contributed by atoms with Crippen molar-refractivity contribution in [3.05, 3.63) is 0 Å². The average Bonchev–Trinajstić information content (AvgIpc) is 1.12. The molecule has 0 aliphatic heterocycles. The number of rotatable bonds is 0. The molecule has 0 aliphatic carbocycles. The Morgan fingerprint density at radius 1 is 0.750 bits per heavy atom. The predicted octanol–water partition coefficient (Wildman–Crippen LogP) is -9.14. The Kier molecular flexibility index (Phi) is 18.6. The van der Waals surface area contributed by atoms with Gasteiger partial charge in [-0.3, -0.25) is 0 Å². The molecule has 0 amide bonds. The van der Waals surface area contributed by atoms with Crippen molar-refractivity contribution in [3.63, 3.8) is 0 Å². The maximum atomic E-state index is 8.91. The van der Waals surface area contributed by atoms with Crippen molar-refractivity contribution in [1.29, 1.82) is 0 Å². The Morgan fingerprint density at radius 2 is 0.750 bits per heavy atom. The minimum absolute atomic E-state index is 0. The summed E-state index contributed by atoms with van der Waals surface area (Å²) in [6.07, 6.45) is 0. The molecular weight excluding hydrogens is 251 g/mol. The zero-order valence-corrected chi connectivity index (χ0v) is 11.0. The third-order valence-electron chi connectivity index (χ3n) is 0. The van der Waals surface area contributed by atoms with Crippen molar-refractivity contribution in [1.82, 2.24) is 0 Å². The summed E-state index contributed by atoms with van der Waals surface area (Å²) in [5.41, 5.74) is 0. The predicted molar refractivity (Wildman–Crippen MR) is 29.7 cm³/mol. The van der Waals surface area contributed by atoms with Crippen LogP contribution in [0.4, 0.5) is 0 Å². The zero-order chi connectivity index (χ0) is 9.00. The molecule has 0 saturated heterocycles. The third kappa shape index (κ3) is 390. The summed E-state index contributed by atoms with van der Waals surface area (Å²) < 4.78 is 0. The summed E-state index contributed by atoms with van der Waals surface area (Å²) in [4.78, 5) is 64.9. The number of hydrogen-bond donors (Lipinski definition) is 3. The van der Waals surface area contributed by atoms with Gasteiger partial charge in [0.2, 0.25) is 0 Å². The standard InChI is InChI=1S/Al.Ca.H3O4Si.O4Si/c;;2*1-5(2,3)4/h;;1-3H;/q+3;+2;-1;-4. The number of hydrogen-bond acceptors (Lipinski definition) is 8. The van der Waals surface area contributed by atoms with Gasteiger partial charge in [0.1, 0.15) is 0 Å². The van der Waals surface area contributed by atoms with Crippen LogP contribution in [-0.2, 0) is 0 Å². The maximum absolute atomic E-state index is 8.91. The first kappa shape index (κ1) is 23.6. The fourth-order valence-corrected chi connectivity index (χ4v) is 0. The molecule has 0 atom stereocenters. The topological polar surface area (TPSA) is 176 Å². The van der Waals surface area contributed by atoms with Crippen LogP contribution in [0.3, 0.4) is 0 Å². The van der Waals surface area contributed by atoms with E-state index in [1.165, 1.54) is 0 Å². The molecule has 0 saturated carbocycles. The summed E-state index contributed by atoms with van der Waals surface area (Å²) in [5, 5.41) is 0. The Hall–Kier alpha value is 1.91. The molecule has 0 aliphatic rings. The van der Waals surface area contributed by atoms with Gasteiger partial charge in [0.15, 0.2) is 0 Å². The van der Waals surface area contributed by atoms with Gasteiger partial charge in [-0.05, 0) is 0 Å². The van der Waals surface area contributed by atoms with Crippen molar-refractivity contribution >= 4 is 73.2 Å². The zero-order valence-electron chi connectivity index (χ0n) is 5.67. The molecule has 12 heavy (non-hydrogen) atoms. The monoisotopic (exact) mass is 254 g/mol. The second kappa shape index (κ2) is 9.46. The molecule has 0 spiro atoms. The minimum Gasteiger partial charge on any atom is -0.894 e. The molecule has 0 aromatic rings. The van der Waals surface area contributed by atoms with E-state index < -0.39 is 18.1 Å². The van der Waals surface area contributed by atoms with E-state index in [1.807, 2.05) is 0 Å². The van der Waals surface area contributed by atoms with E-state index in [0.717, 1.165) is 0 Å². The average molecular weight is 254 g/mol. The molecule has 0 aromatic heterocycles. The second-order valence-corrected chi connectivity index (χ2v) is 3.22. The van der Waals surface area contributed by atoms with E-state index in [-0.39, 0.29) is 55.1 Å². The fraction of sp³-hybridized carbons (Fsp3) is 0.